The predicted octanol–water partition coefficient (Wildman–Crippen LogP) is 1.49. The van der Waals surface area contributed by atoms with Gasteiger partial charge in [0, 0.05) is 31.5 Å². The Balaban J connectivity index is 1.92. The Morgan fingerprint density at radius 2 is 2.28 bits per heavy atom. The van der Waals surface area contributed by atoms with Gasteiger partial charge in [0.2, 0.25) is 5.88 Å². The maximum atomic E-state index is 5.37. The summed E-state index contributed by atoms with van der Waals surface area (Å²) >= 11 is 0. The molecule has 0 aliphatic carbocycles. The van der Waals surface area contributed by atoms with Crippen molar-refractivity contribution in [1.82, 2.24) is 19.5 Å². The summed E-state index contributed by atoms with van der Waals surface area (Å²) < 4.78 is 7.38. The zero-order chi connectivity index (χ0) is 12.8. The Morgan fingerprint density at radius 3 is 3.00 bits per heavy atom. The molecule has 1 N–H and O–H groups in total. The van der Waals surface area contributed by atoms with E-state index in [0.717, 1.165) is 18.9 Å². The van der Waals surface area contributed by atoms with Gasteiger partial charge in [0.25, 0.3) is 0 Å². The molecule has 0 amide bonds. The highest BCUT2D eigenvalue weighted by molar-refractivity contribution is 5.38. The first-order chi connectivity index (χ1) is 8.78. The standard InChI is InChI=1S/C12H17N5O/c1-3-18-12-8-11(15-10(2)16-12)14-5-7-17-6-4-13-9-17/h4,6,8-9H,3,5,7H2,1-2H3,(H,14,15,16). The van der Waals surface area contributed by atoms with E-state index in [9.17, 15) is 0 Å². The molecule has 6 heteroatoms. The van der Waals surface area contributed by atoms with Crippen LogP contribution in [0.3, 0.4) is 0 Å². The van der Waals surface area contributed by atoms with Gasteiger partial charge in [-0.3, -0.25) is 0 Å². The van der Waals surface area contributed by atoms with Crippen LogP contribution in [0.15, 0.2) is 24.8 Å². The normalized spacial score (nSPS) is 10.3. The van der Waals surface area contributed by atoms with Crippen LogP contribution >= 0.6 is 0 Å². The van der Waals surface area contributed by atoms with Crippen LogP contribution in [0.2, 0.25) is 0 Å². The molecule has 0 aliphatic rings. The number of hydrogen-bond donors (Lipinski definition) is 1. The van der Waals surface area contributed by atoms with Crippen LogP contribution in [-0.2, 0) is 6.54 Å². The lowest BCUT2D eigenvalue weighted by Crippen LogP contribution is -2.11. The Bertz CT molecular complexity index is 483. The largest absolute Gasteiger partial charge is 0.478 e. The minimum atomic E-state index is 0.602. The number of hydrogen-bond acceptors (Lipinski definition) is 5. The Labute approximate surface area is 106 Å². The molecule has 2 aromatic rings. The van der Waals surface area contributed by atoms with Crippen LogP contribution in [-0.4, -0.2) is 32.7 Å². The van der Waals surface area contributed by atoms with Crippen molar-refractivity contribution in [2.24, 2.45) is 0 Å². The van der Waals surface area contributed by atoms with Gasteiger partial charge in [-0.2, -0.15) is 4.98 Å². The summed E-state index contributed by atoms with van der Waals surface area (Å²) in [6.07, 6.45) is 5.49. The average Bonchev–Trinajstić information content (AvgIpc) is 2.82. The van der Waals surface area contributed by atoms with Crippen LogP contribution in [0.4, 0.5) is 5.82 Å². The van der Waals surface area contributed by atoms with E-state index in [2.05, 4.69) is 20.3 Å². The number of anilines is 1. The van der Waals surface area contributed by atoms with E-state index < -0.39 is 0 Å². The minimum absolute atomic E-state index is 0.602. The molecule has 0 spiro atoms. The van der Waals surface area contributed by atoms with Crippen molar-refractivity contribution in [2.45, 2.75) is 20.4 Å². The molecule has 2 aromatic heterocycles. The number of rotatable bonds is 6. The Morgan fingerprint density at radius 1 is 1.39 bits per heavy atom. The molecule has 0 aromatic carbocycles. The van der Waals surface area contributed by atoms with Crippen LogP contribution in [0.25, 0.3) is 0 Å². The summed E-state index contributed by atoms with van der Waals surface area (Å²) in [6, 6.07) is 1.81. The van der Waals surface area contributed by atoms with E-state index in [1.807, 2.05) is 30.7 Å². The highest BCUT2D eigenvalue weighted by atomic mass is 16.5. The van der Waals surface area contributed by atoms with Crippen LogP contribution in [0, 0.1) is 6.92 Å². The second-order valence-corrected chi connectivity index (χ2v) is 3.80. The summed E-state index contributed by atoms with van der Waals surface area (Å²) in [4.78, 5) is 12.5. The van der Waals surface area contributed by atoms with Gasteiger partial charge in [0.1, 0.15) is 11.6 Å². The second kappa shape index (κ2) is 6.00. The zero-order valence-electron chi connectivity index (χ0n) is 10.6. The van der Waals surface area contributed by atoms with Crippen molar-refractivity contribution in [1.29, 1.82) is 0 Å². The number of aromatic nitrogens is 4. The number of aryl methyl sites for hydroxylation is 1. The fourth-order valence-corrected chi connectivity index (χ4v) is 1.58. The third-order valence-corrected chi connectivity index (χ3v) is 2.34. The SMILES string of the molecule is CCOc1cc(NCCn2ccnc2)nc(C)n1. The molecular weight excluding hydrogens is 230 g/mol. The molecule has 0 radical (unpaired) electrons. The molecule has 0 atom stereocenters. The monoisotopic (exact) mass is 247 g/mol. The maximum absolute atomic E-state index is 5.37. The first kappa shape index (κ1) is 12.3. The molecule has 0 aliphatic heterocycles. The fraction of sp³-hybridized carbons (Fsp3) is 0.417. The molecule has 0 saturated carbocycles. The van der Waals surface area contributed by atoms with Gasteiger partial charge in [0.15, 0.2) is 0 Å². The fourth-order valence-electron chi connectivity index (χ4n) is 1.58. The van der Waals surface area contributed by atoms with E-state index in [0.29, 0.717) is 18.3 Å². The molecule has 2 heterocycles. The third-order valence-electron chi connectivity index (χ3n) is 2.34. The summed E-state index contributed by atoms with van der Waals surface area (Å²) in [5, 5.41) is 3.24. The lowest BCUT2D eigenvalue weighted by atomic mass is 10.5. The summed E-state index contributed by atoms with van der Waals surface area (Å²) in [6.45, 7) is 6.00. The molecule has 6 nitrogen and oxygen atoms in total. The van der Waals surface area contributed by atoms with Gasteiger partial charge in [-0.15, -0.1) is 0 Å². The van der Waals surface area contributed by atoms with E-state index in [4.69, 9.17) is 4.74 Å². The molecule has 0 bridgehead atoms. The molecule has 0 unspecified atom stereocenters. The highest BCUT2D eigenvalue weighted by Gasteiger charge is 2.01. The zero-order valence-corrected chi connectivity index (χ0v) is 10.6. The van der Waals surface area contributed by atoms with Crippen molar-refractivity contribution in [3.8, 4) is 5.88 Å². The lowest BCUT2D eigenvalue weighted by molar-refractivity contribution is 0.325. The number of ether oxygens (including phenoxy) is 1. The average molecular weight is 247 g/mol. The maximum Gasteiger partial charge on any atom is 0.218 e. The van der Waals surface area contributed by atoms with E-state index >= 15 is 0 Å². The molecule has 2 rings (SSSR count). The number of imidazole rings is 1. The quantitative estimate of drug-likeness (QED) is 0.837. The van der Waals surface area contributed by atoms with E-state index in [-0.39, 0.29) is 0 Å². The summed E-state index contributed by atoms with van der Waals surface area (Å²) in [5.41, 5.74) is 0. The highest BCUT2D eigenvalue weighted by Crippen LogP contribution is 2.12. The molecule has 0 fully saturated rings. The van der Waals surface area contributed by atoms with Crippen LogP contribution < -0.4 is 10.1 Å². The molecule has 96 valence electrons. The van der Waals surface area contributed by atoms with E-state index in [1.54, 1.807) is 12.5 Å². The predicted molar refractivity (Wildman–Crippen MR) is 68.7 cm³/mol. The van der Waals surface area contributed by atoms with Crippen molar-refractivity contribution in [2.75, 3.05) is 18.5 Å². The van der Waals surface area contributed by atoms with Crippen molar-refractivity contribution < 1.29 is 4.74 Å². The first-order valence-corrected chi connectivity index (χ1v) is 5.96. The smallest absolute Gasteiger partial charge is 0.218 e. The second-order valence-electron chi connectivity index (χ2n) is 3.80. The molecular formula is C12H17N5O. The third kappa shape index (κ3) is 3.44. The van der Waals surface area contributed by atoms with Gasteiger partial charge >= 0.3 is 0 Å². The number of nitrogens with one attached hydrogen (secondary N) is 1. The minimum Gasteiger partial charge on any atom is -0.478 e. The van der Waals surface area contributed by atoms with Crippen molar-refractivity contribution in [3.05, 3.63) is 30.6 Å². The van der Waals surface area contributed by atoms with Crippen LogP contribution in [0.1, 0.15) is 12.7 Å². The molecule has 18 heavy (non-hydrogen) atoms. The Hall–Kier alpha value is -2.11. The lowest BCUT2D eigenvalue weighted by Gasteiger charge is -2.09. The van der Waals surface area contributed by atoms with Crippen molar-refractivity contribution in [3.63, 3.8) is 0 Å². The van der Waals surface area contributed by atoms with Gasteiger partial charge in [-0.05, 0) is 13.8 Å². The topological polar surface area (TPSA) is 64.9 Å². The van der Waals surface area contributed by atoms with Gasteiger partial charge in [-0.1, -0.05) is 0 Å². The first-order valence-electron chi connectivity index (χ1n) is 5.96. The summed E-state index contributed by atoms with van der Waals surface area (Å²) in [5.74, 6) is 2.09. The van der Waals surface area contributed by atoms with Gasteiger partial charge < -0.3 is 14.6 Å². The van der Waals surface area contributed by atoms with Gasteiger partial charge in [-0.25, -0.2) is 9.97 Å². The van der Waals surface area contributed by atoms with Crippen molar-refractivity contribution >= 4 is 5.82 Å². The Kier molecular flexibility index (Phi) is 4.11. The number of nitrogens with zero attached hydrogens (tertiary/aromatic N) is 4. The van der Waals surface area contributed by atoms with Crippen LogP contribution in [0.5, 0.6) is 5.88 Å². The van der Waals surface area contributed by atoms with Gasteiger partial charge in [0.05, 0.1) is 12.9 Å². The van der Waals surface area contributed by atoms with E-state index in [1.165, 1.54) is 0 Å². The summed E-state index contributed by atoms with van der Waals surface area (Å²) in [7, 11) is 0. The molecule has 0 saturated heterocycles.